The third-order valence-corrected chi connectivity index (χ3v) is 2.68. The number of nitrogens with one attached hydrogen (secondary N) is 1. The number of rotatable bonds is 1. The molecule has 2 aromatic rings. The molecule has 0 saturated heterocycles. The topological polar surface area (TPSA) is 37.8 Å². The Kier molecular flexibility index (Phi) is 1.96. The van der Waals surface area contributed by atoms with Gasteiger partial charge in [0.25, 0.3) is 0 Å². The van der Waals surface area contributed by atoms with Crippen LogP contribution in [0.3, 0.4) is 0 Å². The maximum absolute atomic E-state index is 4.37. The summed E-state index contributed by atoms with van der Waals surface area (Å²) in [6.07, 6.45) is 1.65. The van der Waals surface area contributed by atoms with Crippen molar-refractivity contribution in [1.82, 2.24) is 15.3 Å². The van der Waals surface area contributed by atoms with E-state index in [-0.39, 0.29) is 0 Å². The van der Waals surface area contributed by atoms with Crippen LogP contribution in [-0.4, -0.2) is 9.97 Å². The van der Waals surface area contributed by atoms with Crippen LogP contribution in [0.5, 0.6) is 0 Å². The van der Waals surface area contributed by atoms with Crippen LogP contribution in [0, 0.1) is 0 Å². The van der Waals surface area contributed by atoms with E-state index in [0.29, 0.717) is 0 Å². The van der Waals surface area contributed by atoms with Gasteiger partial charge in [-0.3, -0.25) is 0 Å². The van der Waals surface area contributed by atoms with Crippen LogP contribution in [-0.2, 0) is 13.1 Å². The van der Waals surface area contributed by atoms with Crippen molar-refractivity contribution in [1.29, 1.82) is 0 Å². The van der Waals surface area contributed by atoms with E-state index in [2.05, 4.69) is 27.4 Å². The molecule has 1 aliphatic rings. The summed E-state index contributed by atoms with van der Waals surface area (Å²) in [5, 5.41) is 3.30. The standard InChI is InChI=1S/C12H11N3/c1-2-4-9(5-3-1)12-10-6-13-7-11(10)14-8-15-12/h1-5,8,13H,6-7H2. The van der Waals surface area contributed by atoms with Gasteiger partial charge in [-0.15, -0.1) is 0 Å². The molecule has 0 fully saturated rings. The molecule has 2 heterocycles. The molecule has 3 heteroatoms. The highest BCUT2D eigenvalue weighted by Crippen LogP contribution is 2.24. The van der Waals surface area contributed by atoms with E-state index in [1.54, 1.807) is 6.33 Å². The molecule has 0 atom stereocenters. The molecule has 3 rings (SSSR count). The van der Waals surface area contributed by atoms with Gasteiger partial charge < -0.3 is 5.32 Å². The first-order chi connectivity index (χ1) is 7.45. The Morgan fingerprint density at radius 2 is 1.87 bits per heavy atom. The van der Waals surface area contributed by atoms with Crippen LogP contribution in [0.15, 0.2) is 36.7 Å². The number of hydrogen-bond donors (Lipinski definition) is 1. The van der Waals surface area contributed by atoms with Gasteiger partial charge in [-0.2, -0.15) is 0 Å². The summed E-state index contributed by atoms with van der Waals surface area (Å²) in [5.41, 5.74) is 4.60. The van der Waals surface area contributed by atoms with Crippen molar-refractivity contribution in [3.8, 4) is 11.3 Å². The number of benzene rings is 1. The summed E-state index contributed by atoms with van der Waals surface area (Å²) in [6.45, 7) is 1.73. The highest BCUT2D eigenvalue weighted by Gasteiger charge is 2.16. The molecule has 0 spiro atoms. The molecule has 0 saturated carbocycles. The van der Waals surface area contributed by atoms with E-state index in [4.69, 9.17) is 0 Å². The Labute approximate surface area is 88.2 Å². The summed E-state index contributed by atoms with van der Waals surface area (Å²) in [5.74, 6) is 0. The van der Waals surface area contributed by atoms with Gasteiger partial charge in [0.2, 0.25) is 0 Å². The molecule has 1 aromatic heterocycles. The number of nitrogens with zero attached hydrogens (tertiary/aromatic N) is 2. The van der Waals surface area contributed by atoms with Crippen molar-refractivity contribution in [3.05, 3.63) is 47.9 Å². The third-order valence-electron chi connectivity index (χ3n) is 2.68. The molecule has 74 valence electrons. The van der Waals surface area contributed by atoms with E-state index in [9.17, 15) is 0 Å². The summed E-state index contributed by atoms with van der Waals surface area (Å²) in [6, 6.07) is 10.3. The minimum absolute atomic E-state index is 0.859. The van der Waals surface area contributed by atoms with Crippen LogP contribution in [0.1, 0.15) is 11.3 Å². The molecule has 1 aliphatic heterocycles. The van der Waals surface area contributed by atoms with E-state index < -0.39 is 0 Å². The molecule has 0 unspecified atom stereocenters. The molecule has 3 nitrogen and oxygen atoms in total. The average Bonchev–Trinajstić information content (AvgIpc) is 2.78. The Balaban J connectivity index is 2.17. The van der Waals surface area contributed by atoms with E-state index in [1.807, 2.05) is 18.2 Å². The highest BCUT2D eigenvalue weighted by atomic mass is 15.0. The van der Waals surface area contributed by atoms with Crippen molar-refractivity contribution in [3.63, 3.8) is 0 Å². The lowest BCUT2D eigenvalue weighted by Gasteiger charge is -2.05. The Morgan fingerprint density at radius 1 is 1.00 bits per heavy atom. The fourth-order valence-corrected chi connectivity index (χ4v) is 1.94. The average molecular weight is 197 g/mol. The summed E-state index contributed by atoms with van der Waals surface area (Å²) in [7, 11) is 0. The van der Waals surface area contributed by atoms with Crippen LogP contribution in [0.25, 0.3) is 11.3 Å². The van der Waals surface area contributed by atoms with Crippen molar-refractivity contribution >= 4 is 0 Å². The fourth-order valence-electron chi connectivity index (χ4n) is 1.94. The lowest BCUT2D eigenvalue weighted by atomic mass is 10.1. The van der Waals surface area contributed by atoms with Gasteiger partial charge in [0, 0.05) is 24.2 Å². The van der Waals surface area contributed by atoms with Gasteiger partial charge in [-0.1, -0.05) is 30.3 Å². The monoisotopic (exact) mass is 197 g/mol. The zero-order valence-electron chi connectivity index (χ0n) is 8.27. The lowest BCUT2D eigenvalue weighted by molar-refractivity contribution is 0.758. The number of aromatic nitrogens is 2. The first-order valence-corrected chi connectivity index (χ1v) is 5.04. The van der Waals surface area contributed by atoms with Crippen LogP contribution in [0.4, 0.5) is 0 Å². The smallest absolute Gasteiger partial charge is 0.116 e. The Bertz CT molecular complexity index is 479. The van der Waals surface area contributed by atoms with Gasteiger partial charge >= 0.3 is 0 Å². The largest absolute Gasteiger partial charge is 0.307 e. The third kappa shape index (κ3) is 1.41. The predicted octanol–water partition coefficient (Wildman–Crippen LogP) is 1.75. The molecule has 1 N–H and O–H groups in total. The molecular formula is C12H11N3. The van der Waals surface area contributed by atoms with Gasteiger partial charge in [-0.05, 0) is 0 Å². The number of hydrogen-bond acceptors (Lipinski definition) is 3. The van der Waals surface area contributed by atoms with Crippen molar-refractivity contribution in [2.75, 3.05) is 0 Å². The number of fused-ring (bicyclic) bond motifs is 1. The molecular weight excluding hydrogens is 186 g/mol. The van der Waals surface area contributed by atoms with Crippen LogP contribution in [0.2, 0.25) is 0 Å². The summed E-state index contributed by atoms with van der Waals surface area (Å²) in [4.78, 5) is 8.64. The Morgan fingerprint density at radius 3 is 2.73 bits per heavy atom. The van der Waals surface area contributed by atoms with Gasteiger partial charge in [0.05, 0.1) is 11.4 Å². The second-order valence-corrected chi connectivity index (χ2v) is 3.62. The van der Waals surface area contributed by atoms with Gasteiger partial charge in [0.1, 0.15) is 6.33 Å². The quantitative estimate of drug-likeness (QED) is 0.756. The molecule has 15 heavy (non-hydrogen) atoms. The second kappa shape index (κ2) is 3.44. The first kappa shape index (κ1) is 8.56. The summed E-state index contributed by atoms with van der Waals surface area (Å²) >= 11 is 0. The first-order valence-electron chi connectivity index (χ1n) is 5.04. The zero-order chi connectivity index (χ0) is 10.1. The molecule has 0 aliphatic carbocycles. The van der Waals surface area contributed by atoms with E-state index in [0.717, 1.165) is 24.5 Å². The van der Waals surface area contributed by atoms with E-state index in [1.165, 1.54) is 11.1 Å². The Hall–Kier alpha value is -1.74. The van der Waals surface area contributed by atoms with E-state index >= 15 is 0 Å². The lowest BCUT2D eigenvalue weighted by Crippen LogP contribution is -2.00. The maximum Gasteiger partial charge on any atom is 0.116 e. The second-order valence-electron chi connectivity index (χ2n) is 3.62. The van der Waals surface area contributed by atoms with Crippen molar-refractivity contribution in [2.24, 2.45) is 0 Å². The molecule has 0 radical (unpaired) electrons. The highest BCUT2D eigenvalue weighted by molar-refractivity contribution is 5.64. The normalized spacial score (nSPS) is 13.9. The predicted molar refractivity (Wildman–Crippen MR) is 58.0 cm³/mol. The molecule has 0 bridgehead atoms. The minimum Gasteiger partial charge on any atom is -0.307 e. The fraction of sp³-hybridized carbons (Fsp3) is 0.167. The minimum atomic E-state index is 0.859. The van der Waals surface area contributed by atoms with Crippen molar-refractivity contribution < 1.29 is 0 Å². The van der Waals surface area contributed by atoms with Crippen LogP contribution < -0.4 is 5.32 Å². The zero-order valence-corrected chi connectivity index (χ0v) is 8.27. The van der Waals surface area contributed by atoms with Crippen LogP contribution >= 0.6 is 0 Å². The SMILES string of the molecule is c1ccc(-c2ncnc3c2CNC3)cc1. The maximum atomic E-state index is 4.37. The molecule has 0 amide bonds. The molecule has 1 aromatic carbocycles. The van der Waals surface area contributed by atoms with Gasteiger partial charge in [0.15, 0.2) is 0 Å². The van der Waals surface area contributed by atoms with Gasteiger partial charge in [-0.25, -0.2) is 9.97 Å². The van der Waals surface area contributed by atoms with Crippen molar-refractivity contribution in [2.45, 2.75) is 13.1 Å². The summed E-state index contributed by atoms with van der Waals surface area (Å²) < 4.78 is 0.